The van der Waals surface area contributed by atoms with Gasteiger partial charge in [0.1, 0.15) is 0 Å². The molecule has 0 bridgehead atoms. The molecule has 0 heterocycles. The standard InChI is InChI=1S/C22H25NO3/c1-26-22(25)19-14-12-17(13-15-19)16-23(20-10-6-3-7-11-20)21(24)18-8-4-2-5-9-18/h3,6-7,10-15,18H,2,4-5,8-9,16H2,1H3. The molecule has 0 aliphatic heterocycles. The number of rotatable bonds is 5. The summed E-state index contributed by atoms with van der Waals surface area (Å²) < 4.78 is 4.74. The fourth-order valence-corrected chi connectivity index (χ4v) is 3.52. The van der Waals surface area contributed by atoms with E-state index in [1.807, 2.05) is 47.4 Å². The minimum Gasteiger partial charge on any atom is -0.465 e. The van der Waals surface area contributed by atoms with Crippen LogP contribution in [0.5, 0.6) is 0 Å². The van der Waals surface area contributed by atoms with E-state index in [-0.39, 0.29) is 17.8 Å². The first-order valence-electron chi connectivity index (χ1n) is 9.22. The molecule has 0 atom stereocenters. The third kappa shape index (κ3) is 4.31. The Balaban J connectivity index is 1.81. The lowest BCUT2D eigenvalue weighted by Gasteiger charge is -2.29. The minimum absolute atomic E-state index is 0.110. The molecule has 0 radical (unpaired) electrons. The molecule has 1 aliphatic carbocycles. The Labute approximate surface area is 154 Å². The van der Waals surface area contributed by atoms with E-state index in [4.69, 9.17) is 4.74 Å². The van der Waals surface area contributed by atoms with Crippen LogP contribution >= 0.6 is 0 Å². The third-order valence-corrected chi connectivity index (χ3v) is 5.00. The summed E-state index contributed by atoms with van der Waals surface area (Å²) in [5.74, 6) is -0.0407. The Morgan fingerprint density at radius 3 is 2.23 bits per heavy atom. The molecule has 26 heavy (non-hydrogen) atoms. The average molecular weight is 351 g/mol. The molecule has 0 unspecified atom stereocenters. The quantitative estimate of drug-likeness (QED) is 0.740. The highest BCUT2D eigenvalue weighted by Crippen LogP contribution is 2.28. The van der Waals surface area contributed by atoms with E-state index in [9.17, 15) is 9.59 Å². The maximum absolute atomic E-state index is 13.2. The van der Waals surface area contributed by atoms with Gasteiger partial charge < -0.3 is 9.64 Å². The van der Waals surface area contributed by atoms with Gasteiger partial charge in [0.05, 0.1) is 19.2 Å². The second-order valence-corrected chi connectivity index (χ2v) is 6.78. The molecule has 1 saturated carbocycles. The molecule has 0 aromatic heterocycles. The van der Waals surface area contributed by atoms with Gasteiger partial charge in [-0.1, -0.05) is 49.6 Å². The van der Waals surface area contributed by atoms with E-state index in [1.54, 1.807) is 12.1 Å². The normalized spacial score (nSPS) is 14.7. The lowest BCUT2D eigenvalue weighted by atomic mass is 9.88. The summed E-state index contributed by atoms with van der Waals surface area (Å²) in [5, 5.41) is 0. The monoisotopic (exact) mass is 351 g/mol. The van der Waals surface area contributed by atoms with Crippen molar-refractivity contribution >= 4 is 17.6 Å². The number of methoxy groups -OCH3 is 1. The number of para-hydroxylation sites is 1. The third-order valence-electron chi connectivity index (χ3n) is 5.00. The first-order valence-corrected chi connectivity index (χ1v) is 9.22. The molecule has 1 aliphatic rings. The molecule has 0 spiro atoms. The highest BCUT2D eigenvalue weighted by atomic mass is 16.5. The van der Waals surface area contributed by atoms with E-state index < -0.39 is 0 Å². The van der Waals surface area contributed by atoms with E-state index in [1.165, 1.54) is 13.5 Å². The highest BCUT2D eigenvalue weighted by molar-refractivity contribution is 5.95. The summed E-state index contributed by atoms with van der Waals surface area (Å²) in [4.78, 5) is 26.7. The predicted octanol–water partition coefficient (Wildman–Crippen LogP) is 4.59. The largest absolute Gasteiger partial charge is 0.465 e. The van der Waals surface area contributed by atoms with Crippen LogP contribution in [0, 0.1) is 5.92 Å². The second kappa shape index (κ2) is 8.65. The Kier molecular flexibility index (Phi) is 6.05. The van der Waals surface area contributed by atoms with Gasteiger partial charge in [-0.2, -0.15) is 0 Å². The van der Waals surface area contributed by atoms with Crippen LogP contribution in [0.15, 0.2) is 54.6 Å². The number of carbonyl (C=O) groups excluding carboxylic acids is 2. The summed E-state index contributed by atoms with van der Waals surface area (Å²) >= 11 is 0. The smallest absolute Gasteiger partial charge is 0.337 e. The van der Waals surface area contributed by atoms with Gasteiger partial charge in [-0.15, -0.1) is 0 Å². The van der Waals surface area contributed by atoms with E-state index in [2.05, 4.69) is 0 Å². The number of nitrogens with zero attached hydrogens (tertiary/aromatic N) is 1. The molecule has 1 fully saturated rings. The van der Waals surface area contributed by atoms with E-state index >= 15 is 0 Å². The van der Waals surface area contributed by atoms with Crippen molar-refractivity contribution in [3.05, 3.63) is 65.7 Å². The maximum Gasteiger partial charge on any atom is 0.337 e. The van der Waals surface area contributed by atoms with Crippen molar-refractivity contribution in [1.29, 1.82) is 0 Å². The average Bonchev–Trinajstić information content (AvgIpc) is 2.72. The van der Waals surface area contributed by atoms with Crippen molar-refractivity contribution in [2.75, 3.05) is 12.0 Å². The fraction of sp³-hybridized carbons (Fsp3) is 0.364. The number of amides is 1. The summed E-state index contributed by atoms with van der Waals surface area (Å²) in [7, 11) is 1.37. The van der Waals surface area contributed by atoms with Crippen molar-refractivity contribution < 1.29 is 14.3 Å². The lowest BCUT2D eigenvalue weighted by Crippen LogP contribution is -2.36. The SMILES string of the molecule is COC(=O)c1ccc(CN(C(=O)C2CCCCC2)c2ccccc2)cc1. The lowest BCUT2D eigenvalue weighted by molar-refractivity contribution is -0.123. The minimum atomic E-state index is -0.352. The van der Waals surface area contributed by atoms with E-state index in [0.717, 1.165) is 36.9 Å². The Hall–Kier alpha value is -2.62. The number of anilines is 1. The zero-order valence-electron chi connectivity index (χ0n) is 15.2. The molecule has 1 amide bonds. The number of ether oxygens (including phenoxy) is 1. The van der Waals surface area contributed by atoms with Crippen LogP contribution in [0.1, 0.15) is 48.0 Å². The molecule has 0 N–H and O–H groups in total. The molecule has 3 rings (SSSR count). The number of esters is 1. The van der Waals surface area contributed by atoms with Gasteiger partial charge in [0, 0.05) is 11.6 Å². The summed E-state index contributed by atoms with van der Waals surface area (Å²) in [6.45, 7) is 0.501. The fourth-order valence-electron chi connectivity index (χ4n) is 3.52. The van der Waals surface area contributed by atoms with Crippen molar-refractivity contribution in [3.63, 3.8) is 0 Å². The summed E-state index contributed by atoms with van der Waals surface area (Å²) in [6.07, 6.45) is 5.44. The van der Waals surface area contributed by atoms with Gasteiger partial charge in [-0.3, -0.25) is 4.79 Å². The number of hydrogen-bond donors (Lipinski definition) is 0. The Morgan fingerprint density at radius 1 is 0.962 bits per heavy atom. The maximum atomic E-state index is 13.2. The van der Waals surface area contributed by atoms with Crippen LogP contribution in [-0.2, 0) is 16.1 Å². The van der Waals surface area contributed by atoms with Gasteiger partial charge in [-0.05, 0) is 42.7 Å². The van der Waals surface area contributed by atoms with Crippen LogP contribution < -0.4 is 4.90 Å². The van der Waals surface area contributed by atoms with Crippen LogP contribution in [0.3, 0.4) is 0 Å². The molecular weight excluding hydrogens is 326 g/mol. The van der Waals surface area contributed by atoms with Crippen LogP contribution in [0.25, 0.3) is 0 Å². The number of carbonyl (C=O) groups is 2. The van der Waals surface area contributed by atoms with Crippen LogP contribution in [-0.4, -0.2) is 19.0 Å². The van der Waals surface area contributed by atoms with Crippen molar-refractivity contribution in [2.24, 2.45) is 5.92 Å². The topological polar surface area (TPSA) is 46.6 Å². The number of hydrogen-bond acceptors (Lipinski definition) is 3. The first-order chi connectivity index (χ1) is 12.7. The summed E-state index contributed by atoms with van der Waals surface area (Å²) in [5.41, 5.74) is 2.42. The molecule has 2 aromatic rings. The first kappa shape index (κ1) is 18.2. The molecule has 2 aromatic carbocycles. The van der Waals surface area contributed by atoms with Gasteiger partial charge in [-0.25, -0.2) is 4.79 Å². The Bertz CT molecular complexity index is 734. The zero-order chi connectivity index (χ0) is 18.4. The zero-order valence-corrected chi connectivity index (χ0v) is 15.2. The molecule has 0 saturated heterocycles. The molecular formula is C22H25NO3. The van der Waals surface area contributed by atoms with Crippen LogP contribution in [0.2, 0.25) is 0 Å². The second-order valence-electron chi connectivity index (χ2n) is 6.78. The van der Waals surface area contributed by atoms with E-state index in [0.29, 0.717) is 12.1 Å². The highest BCUT2D eigenvalue weighted by Gasteiger charge is 2.27. The molecule has 4 nitrogen and oxygen atoms in total. The van der Waals surface area contributed by atoms with Crippen molar-refractivity contribution in [2.45, 2.75) is 38.6 Å². The van der Waals surface area contributed by atoms with Crippen molar-refractivity contribution in [3.8, 4) is 0 Å². The van der Waals surface area contributed by atoms with Crippen molar-refractivity contribution in [1.82, 2.24) is 0 Å². The van der Waals surface area contributed by atoms with Crippen LogP contribution in [0.4, 0.5) is 5.69 Å². The van der Waals surface area contributed by atoms with Gasteiger partial charge in [0.2, 0.25) is 5.91 Å². The predicted molar refractivity (Wildman–Crippen MR) is 102 cm³/mol. The van der Waals surface area contributed by atoms with Gasteiger partial charge >= 0.3 is 5.97 Å². The Morgan fingerprint density at radius 2 is 1.62 bits per heavy atom. The molecule has 136 valence electrons. The molecule has 4 heteroatoms. The van der Waals surface area contributed by atoms with Gasteiger partial charge in [0.15, 0.2) is 0 Å². The summed E-state index contributed by atoms with van der Waals surface area (Å²) in [6, 6.07) is 17.1. The van der Waals surface area contributed by atoms with Gasteiger partial charge in [0.25, 0.3) is 0 Å². The number of benzene rings is 2.